The summed E-state index contributed by atoms with van der Waals surface area (Å²) in [7, 11) is 0. The lowest BCUT2D eigenvalue weighted by molar-refractivity contribution is -0.123. The number of hydrogen-bond acceptors (Lipinski definition) is 2. The number of allylic oxidation sites excluding steroid dienone is 1. The SMILES string of the molecule is C=CCc1ccccc1OCC(=O)NCc1cccc(Cl)c1. The van der Waals surface area contributed by atoms with E-state index >= 15 is 0 Å². The Morgan fingerprint density at radius 3 is 2.82 bits per heavy atom. The summed E-state index contributed by atoms with van der Waals surface area (Å²) in [5.74, 6) is 0.536. The summed E-state index contributed by atoms with van der Waals surface area (Å²) in [6.45, 7) is 4.13. The summed E-state index contributed by atoms with van der Waals surface area (Å²) in [6.07, 6.45) is 2.52. The Bertz CT molecular complexity index is 655. The zero-order valence-corrected chi connectivity index (χ0v) is 13.0. The molecule has 1 N–H and O–H groups in total. The van der Waals surface area contributed by atoms with E-state index in [1.807, 2.05) is 42.5 Å². The van der Waals surface area contributed by atoms with Crippen LogP contribution in [-0.2, 0) is 17.8 Å². The van der Waals surface area contributed by atoms with Gasteiger partial charge in [-0.1, -0.05) is 48.0 Å². The molecule has 0 heterocycles. The van der Waals surface area contributed by atoms with Crippen LogP contribution in [0, 0.1) is 0 Å². The molecule has 3 nitrogen and oxygen atoms in total. The van der Waals surface area contributed by atoms with E-state index in [0.717, 1.165) is 11.1 Å². The molecule has 4 heteroatoms. The summed E-state index contributed by atoms with van der Waals surface area (Å²) >= 11 is 5.90. The topological polar surface area (TPSA) is 38.3 Å². The number of carbonyl (C=O) groups is 1. The Morgan fingerprint density at radius 1 is 1.23 bits per heavy atom. The molecule has 0 aliphatic heterocycles. The first-order valence-electron chi connectivity index (χ1n) is 7.02. The van der Waals surface area contributed by atoms with Gasteiger partial charge in [0.05, 0.1) is 0 Å². The number of para-hydroxylation sites is 1. The van der Waals surface area contributed by atoms with Crippen LogP contribution >= 0.6 is 11.6 Å². The van der Waals surface area contributed by atoms with Gasteiger partial charge in [0.25, 0.3) is 5.91 Å². The highest BCUT2D eigenvalue weighted by atomic mass is 35.5. The van der Waals surface area contributed by atoms with Gasteiger partial charge >= 0.3 is 0 Å². The molecule has 0 fully saturated rings. The van der Waals surface area contributed by atoms with Crippen molar-refractivity contribution in [2.24, 2.45) is 0 Å². The summed E-state index contributed by atoms with van der Waals surface area (Å²) in [6, 6.07) is 15.0. The van der Waals surface area contributed by atoms with Crippen LogP contribution in [-0.4, -0.2) is 12.5 Å². The zero-order chi connectivity index (χ0) is 15.8. The molecule has 2 aromatic carbocycles. The Morgan fingerprint density at radius 2 is 2.05 bits per heavy atom. The minimum atomic E-state index is -0.173. The van der Waals surface area contributed by atoms with Crippen molar-refractivity contribution in [3.05, 3.63) is 77.3 Å². The fourth-order valence-corrected chi connectivity index (χ4v) is 2.22. The first-order chi connectivity index (χ1) is 10.7. The van der Waals surface area contributed by atoms with Crippen molar-refractivity contribution in [3.63, 3.8) is 0 Å². The molecule has 2 rings (SSSR count). The maximum atomic E-state index is 11.9. The van der Waals surface area contributed by atoms with E-state index in [1.165, 1.54) is 0 Å². The molecule has 114 valence electrons. The number of carbonyl (C=O) groups excluding carboxylic acids is 1. The monoisotopic (exact) mass is 315 g/mol. The van der Waals surface area contributed by atoms with E-state index in [9.17, 15) is 4.79 Å². The minimum absolute atomic E-state index is 0.0191. The molecule has 0 unspecified atom stereocenters. The Balaban J connectivity index is 1.84. The maximum absolute atomic E-state index is 11.9. The third-order valence-electron chi connectivity index (χ3n) is 3.07. The highest BCUT2D eigenvalue weighted by Crippen LogP contribution is 2.18. The molecule has 0 saturated heterocycles. The highest BCUT2D eigenvalue weighted by Gasteiger charge is 2.06. The van der Waals surface area contributed by atoms with Crippen LogP contribution in [0.25, 0.3) is 0 Å². The van der Waals surface area contributed by atoms with E-state index in [-0.39, 0.29) is 12.5 Å². The number of ether oxygens (including phenoxy) is 1. The Labute approximate surface area is 135 Å². The van der Waals surface area contributed by atoms with Crippen molar-refractivity contribution in [1.82, 2.24) is 5.32 Å². The average Bonchev–Trinajstić information content (AvgIpc) is 2.52. The smallest absolute Gasteiger partial charge is 0.258 e. The standard InChI is InChI=1S/C18H18ClNO2/c1-2-6-15-8-3-4-10-17(15)22-13-18(21)20-12-14-7-5-9-16(19)11-14/h2-5,7-11H,1,6,12-13H2,(H,20,21). The van der Waals surface area contributed by atoms with Crippen molar-refractivity contribution < 1.29 is 9.53 Å². The van der Waals surface area contributed by atoms with Crippen LogP contribution in [0.15, 0.2) is 61.2 Å². The summed E-state index contributed by atoms with van der Waals surface area (Å²) < 4.78 is 5.58. The predicted molar refractivity (Wildman–Crippen MR) is 89.1 cm³/mol. The number of halogens is 1. The van der Waals surface area contributed by atoms with Crippen LogP contribution in [0.1, 0.15) is 11.1 Å². The molecule has 0 bridgehead atoms. The Hall–Kier alpha value is -2.26. The summed E-state index contributed by atoms with van der Waals surface area (Å²) in [4.78, 5) is 11.9. The van der Waals surface area contributed by atoms with E-state index in [1.54, 1.807) is 12.1 Å². The second-order valence-electron chi connectivity index (χ2n) is 4.80. The Kier molecular flexibility index (Phi) is 6.04. The maximum Gasteiger partial charge on any atom is 0.258 e. The molecule has 0 aliphatic carbocycles. The lowest BCUT2D eigenvalue weighted by Crippen LogP contribution is -2.28. The molecule has 0 spiro atoms. The van der Waals surface area contributed by atoms with Crippen LogP contribution in [0.5, 0.6) is 5.75 Å². The first-order valence-corrected chi connectivity index (χ1v) is 7.39. The van der Waals surface area contributed by atoms with Crippen molar-refractivity contribution in [2.75, 3.05) is 6.61 Å². The average molecular weight is 316 g/mol. The minimum Gasteiger partial charge on any atom is -0.483 e. The number of benzene rings is 2. The van der Waals surface area contributed by atoms with E-state index in [0.29, 0.717) is 23.7 Å². The highest BCUT2D eigenvalue weighted by molar-refractivity contribution is 6.30. The van der Waals surface area contributed by atoms with Gasteiger partial charge in [-0.25, -0.2) is 0 Å². The van der Waals surface area contributed by atoms with Crippen LogP contribution in [0.3, 0.4) is 0 Å². The number of rotatable bonds is 7. The van der Waals surface area contributed by atoms with Gasteiger partial charge in [-0.2, -0.15) is 0 Å². The molecule has 22 heavy (non-hydrogen) atoms. The largest absolute Gasteiger partial charge is 0.483 e. The third kappa shape index (κ3) is 4.93. The quantitative estimate of drug-likeness (QED) is 0.790. The molecular formula is C18H18ClNO2. The fraction of sp³-hybridized carbons (Fsp3) is 0.167. The lowest BCUT2D eigenvalue weighted by atomic mass is 10.1. The van der Waals surface area contributed by atoms with Crippen LogP contribution in [0.2, 0.25) is 5.02 Å². The summed E-state index contributed by atoms with van der Waals surface area (Å²) in [5.41, 5.74) is 1.97. The number of nitrogens with one attached hydrogen (secondary N) is 1. The van der Waals surface area contributed by atoms with Gasteiger partial charge in [0.2, 0.25) is 0 Å². The molecule has 0 aliphatic rings. The van der Waals surface area contributed by atoms with Crippen molar-refractivity contribution in [2.45, 2.75) is 13.0 Å². The van der Waals surface area contributed by atoms with E-state index in [4.69, 9.17) is 16.3 Å². The number of hydrogen-bond donors (Lipinski definition) is 1. The second kappa shape index (κ2) is 8.25. The third-order valence-corrected chi connectivity index (χ3v) is 3.31. The molecule has 0 saturated carbocycles. The molecule has 1 amide bonds. The number of amides is 1. The zero-order valence-electron chi connectivity index (χ0n) is 12.2. The van der Waals surface area contributed by atoms with Gasteiger partial charge in [-0.3, -0.25) is 4.79 Å². The first kappa shape index (κ1) is 16.1. The van der Waals surface area contributed by atoms with Gasteiger partial charge in [-0.05, 0) is 35.7 Å². The second-order valence-corrected chi connectivity index (χ2v) is 5.23. The van der Waals surface area contributed by atoms with Gasteiger partial charge in [0.1, 0.15) is 5.75 Å². The molecule has 2 aromatic rings. The van der Waals surface area contributed by atoms with E-state index < -0.39 is 0 Å². The van der Waals surface area contributed by atoms with Crippen molar-refractivity contribution in [1.29, 1.82) is 0 Å². The van der Waals surface area contributed by atoms with Gasteiger partial charge in [0, 0.05) is 11.6 Å². The molecular weight excluding hydrogens is 298 g/mol. The van der Waals surface area contributed by atoms with Crippen molar-refractivity contribution >= 4 is 17.5 Å². The molecule has 0 radical (unpaired) electrons. The van der Waals surface area contributed by atoms with Crippen LogP contribution < -0.4 is 10.1 Å². The summed E-state index contributed by atoms with van der Waals surface area (Å²) in [5, 5.41) is 3.46. The normalized spacial score (nSPS) is 10.0. The van der Waals surface area contributed by atoms with Gasteiger partial charge in [-0.15, -0.1) is 6.58 Å². The van der Waals surface area contributed by atoms with Crippen molar-refractivity contribution in [3.8, 4) is 5.75 Å². The lowest BCUT2D eigenvalue weighted by Gasteiger charge is -2.10. The fourth-order valence-electron chi connectivity index (χ4n) is 2.01. The van der Waals surface area contributed by atoms with Gasteiger partial charge < -0.3 is 10.1 Å². The predicted octanol–water partition coefficient (Wildman–Crippen LogP) is 3.76. The molecule has 0 atom stereocenters. The molecule has 0 aromatic heterocycles. The van der Waals surface area contributed by atoms with Crippen LogP contribution in [0.4, 0.5) is 0 Å². The van der Waals surface area contributed by atoms with E-state index in [2.05, 4.69) is 11.9 Å². The van der Waals surface area contributed by atoms with Gasteiger partial charge in [0.15, 0.2) is 6.61 Å².